The van der Waals surface area contributed by atoms with Gasteiger partial charge in [0, 0.05) is 6.07 Å². The topological polar surface area (TPSA) is 55.8 Å². The summed E-state index contributed by atoms with van der Waals surface area (Å²) in [6, 6.07) is 1.19. The lowest BCUT2D eigenvalue weighted by Crippen LogP contribution is -2.03. The van der Waals surface area contributed by atoms with Gasteiger partial charge in [-0.05, 0) is 0 Å². The van der Waals surface area contributed by atoms with Crippen LogP contribution in [-0.4, -0.2) is 17.9 Å². The quantitative estimate of drug-likeness (QED) is 0.782. The van der Waals surface area contributed by atoms with E-state index in [1.165, 1.54) is 6.07 Å². The lowest BCUT2D eigenvalue weighted by molar-refractivity contribution is 0.0687. The number of benzene rings is 1. The van der Waals surface area contributed by atoms with Gasteiger partial charge in [-0.15, -0.1) is 0 Å². The van der Waals surface area contributed by atoms with E-state index in [9.17, 15) is 9.18 Å². The molecule has 1 aliphatic rings. The van der Waals surface area contributed by atoms with Crippen LogP contribution in [0.5, 0.6) is 11.5 Å². The first kappa shape index (κ1) is 9.08. The maximum atomic E-state index is 13.3. The predicted molar refractivity (Wildman–Crippen MR) is 44.5 cm³/mol. The molecule has 0 amide bonds. The molecule has 1 heterocycles. The van der Waals surface area contributed by atoms with E-state index in [0.29, 0.717) is 0 Å². The third kappa shape index (κ3) is 1.17. The molecule has 1 aliphatic heterocycles. The highest BCUT2D eigenvalue weighted by molar-refractivity contribution is 6.31. The van der Waals surface area contributed by atoms with Crippen LogP contribution >= 0.6 is 11.6 Å². The molecule has 0 saturated carbocycles. The van der Waals surface area contributed by atoms with E-state index in [-0.39, 0.29) is 23.3 Å². The summed E-state index contributed by atoms with van der Waals surface area (Å²) in [6.45, 7) is -0.130. The summed E-state index contributed by atoms with van der Waals surface area (Å²) in [6.07, 6.45) is 0. The minimum Gasteiger partial charge on any atom is -0.477 e. The molecule has 6 heteroatoms. The highest BCUT2D eigenvalue weighted by Gasteiger charge is 2.28. The Hall–Kier alpha value is -1.49. The standard InChI is InChI=1S/C8H4ClFO4/c9-3-1-4-7(14-2-13-4)5(6(3)10)8(11)12/h1H,2H2,(H,11,12). The molecule has 2 rings (SSSR count). The van der Waals surface area contributed by atoms with Gasteiger partial charge in [0.25, 0.3) is 0 Å². The van der Waals surface area contributed by atoms with Crippen molar-refractivity contribution in [1.82, 2.24) is 0 Å². The number of carboxylic acids is 1. The average molecular weight is 219 g/mol. The summed E-state index contributed by atoms with van der Waals surface area (Å²) in [7, 11) is 0. The van der Waals surface area contributed by atoms with Crippen molar-refractivity contribution in [3.63, 3.8) is 0 Å². The Labute approximate surface area is 82.8 Å². The van der Waals surface area contributed by atoms with Crippen molar-refractivity contribution in [2.45, 2.75) is 0 Å². The summed E-state index contributed by atoms with van der Waals surface area (Å²) >= 11 is 5.47. The van der Waals surface area contributed by atoms with Gasteiger partial charge in [-0.1, -0.05) is 11.6 Å². The van der Waals surface area contributed by atoms with Crippen molar-refractivity contribution < 1.29 is 23.8 Å². The fourth-order valence-electron chi connectivity index (χ4n) is 1.18. The van der Waals surface area contributed by atoms with Crippen LogP contribution in [0.25, 0.3) is 0 Å². The number of rotatable bonds is 1. The number of aromatic carboxylic acids is 1. The Kier molecular flexibility index (Phi) is 1.96. The molecule has 0 fully saturated rings. The molecule has 0 aliphatic carbocycles. The lowest BCUT2D eigenvalue weighted by atomic mass is 10.2. The second-order valence-electron chi connectivity index (χ2n) is 2.59. The minimum absolute atomic E-state index is 0.112. The molecule has 74 valence electrons. The Morgan fingerprint density at radius 3 is 2.93 bits per heavy atom. The maximum absolute atomic E-state index is 13.3. The zero-order chi connectivity index (χ0) is 10.3. The maximum Gasteiger partial charge on any atom is 0.342 e. The second-order valence-corrected chi connectivity index (χ2v) is 2.99. The first-order valence-corrected chi connectivity index (χ1v) is 4.00. The van der Waals surface area contributed by atoms with Crippen LogP contribution in [0.15, 0.2) is 6.07 Å². The Morgan fingerprint density at radius 1 is 1.57 bits per heavy atom. The molecule has 1 N–H and O–H groups in total. The molecule has 0 unspecified atom stereocenters. The van der Waals surface area contributed by atoms with Crippen molar-refractivity contribution in [3.05, 3.63) is 22.5 Å². The molecule has 1 aromatic rings. The number of halogens is 2. The van der Waals surface area contributed by atoms with Crippen molar-refractivity contribution >= 4 is 17.6 Å². The molecule has 0 aromatic heterocycles. The highest BCUT2D eigenvalue weighted by Crippen LogP contribution is 2.40. The summed E-state index contributed by atoms with van der Waals surface area (Å²) < 4.78 is 23.0. The van der Waals surface area contributed by atoms with Crippen molar-refractivity contribution in [1.29, 1.82) is 0 Å². The van der Waals surface area contributed by atoms with Crippen molar-refractivity contribution in [2.75, 3.05) is 6.79 Å². The van der Waals surface area contributed by atoms with E-state index in [1.54, 1.807) is 0 Å². The first-order valence-electron chi connectivity index (χ1n) is 3.62. The normalized spacial score (nSPS) is 13.0. The number of fused-ring (bicyclic) bond motifs is 1. The Morgan fingerprint density at radius 2 is 2.29 bits per heavy atom. The van der Waals surface area contributed by atoms with E-state index in [2.05, 4.69) is 0 Å². The Bertz CT molecular complexity index is 418. The molecule has 1 aromatic carbocycles. The largest absolute Gasteiger partial charge is 0.477 e. The van der Waals surface area contributed by atoms with Crippen LogP contribution < -0.4 is 9.47 Å². The highest BCUT2D eigenvalue weighted by atomic mass is 35.5. The number of carbonyl (C=O) groups is 1. The van der Waals surface area contributed by atoms with Crippen LogP contribution in [0.1, 0.15) is 10.4 Å². The van der Waals surface area contributed by atoms with Gasteiger partial charge in [-0.25, -0.2) is 9.18 Å². The Balaban J connectivity index is 2.72. The molecule has 14 heavy (non-hydrogen) atoms. The molecule has 0 bridgehead atoms. The zero-order valence-electron chi connectivity index (χ0n) is 6.71. The second kappa shape index (κ2) is 3.02. The molecule has 0 radical (unpaired) electrons. The van der Waals surface area contributed by atoms with Gasteiger partial charge in [0.2, 0.25) is 6.79 Å². The first-order chi connectivity index (χ1) is 6.61. The number of carboxylic acid groups (broad SMARTS) is 1. The van der Waals surface area contributed by atoms with E-state index < -0.39 is 17.3 Å². The third-order valence-corrected chi connectivity index (χ3v) is 2.04. The van der Waals surface area contributed by atoms with Crippen LogP contribution in [0.4, 0.5) is 4.39 Å². The van der Waals surface area contributed by atoms with Gasteiger partial charge in [0.15, 0.2) is 17.3 Å². The van der Waals surface area contributed by atoms with Gasteiger partial charge in [0.05, 0.1) is 5.02 Å². The van der Waals surface area contributed by atoms with E-state index in [1.807, 2.05) is 0 Å². The van der Waals surface area contributed by atoms with Crippen molar-refractivity contribution in [3.8, 4) is 11.5 Å². The van der Waals surface area contributed by atoms with Crippen LogP contribution in [0, 0.1) is 5.82 Å². The van der Waals surface area contributed by atoms with Gasteiger partial charge in [-0.2, -0.15) is 0 Å². The minimum atomic E-state index is -1.44. The fourth-order valence-corrected chi connectivity index (χ4v) is 1.37. The fraction of sp³-hybridized carbons (Fsp3) is 0.125. The smallest absolute Gasteiger partial charge is 0.342 e. The van der Waals surface area contributed by atoms with Crippen LogP contribution in [0.3, 0.4) is 0 Å². The average Bonchev–Trinajstić information content (AvgIpc) is 2.52. The van der Waals surface area contributed by atoms with E-state index in [4.69, 9.17) is 26.2 Å². The third-order valence-electron chi connectivity index (χ3n) is 1.77. The summed E-state index contributed by atoms with van der Waals surface area (Å²) in [5.74, 6) is -2.41. The number of ether oxygens (including phenoxy) is 2. The van der Waals surface area contributed by atoms with E-state index in [0.717, 1.165) is 0 Å². The van der Waals surface area contributed by atoms with Gasteiger partial charge < -0.3 is 14.6 Å². The number of hydrogen-bond donors (Lipinski definition) is 1. The molecular formula is C8H4ClFO4. The summed E-state index contributed by atoms with van der Waals surface area (Å²) in [4.78, 5) is 10.7. The SMILES string of the molecule is O=C(O)c1c(F)c(Cl)cc2c1OCO2. The van der Waals surface area contributed by atoms with Gasteiger partial charge in [0.1, 0.15) is 5.56 Å². The van der Waals surface area contributed by atoms with Crippen LogP contribution in [-0.2, 0) is 0 Å². The summed E-state index contributed by atoms with van der Waals surface area (Å²) in [5.41, 5.74) is -0.593. The summed E-state index contributed by atoms with van der Waals surface area (Å²) in [5, 5.41) is 8.42. The van der Waals surface area contributed by atoms with Crippen molar-refractivity contribution in [2.24, 2.45) is 0 Å². The molecule has 0 spiro atoms. The van der Waals surface area contributed by atoms with Gasteiger partial charge in [-0.3, -0.25) is 0 Å². The molecular weight excluding hydrogens is 215 g/mol. The monoisotopic (exact) mass is 218 g/mol. The van der Waals surface area contributed by atoms with E-state index >= 15 is 0 Å². The molecule has 0 atom stereocenters. The van der Waals surface area contributed by atoms with Gasteiger partial charge >= 0.3 is 5.97 Å². The molecule has 4 nitrogen and oxygen atoms in total. The lowest BCUT2D eigenvalue weighted by Gasteiger charge is -2.03. The molecule has 0 saturated heterocycles. The van der Waals surface area contributed by atoms with Crippen LogP contribution in [0.2, 0.25) is 5.02 Å². The number of hydrogen-bond acceptors (Lipinski definition) is 3. The predicted octanol–water partition coefficient (Wildman–Crippen LogP) is 1.91. The zero-order valence-corrected chi connectivity index (χ0v) is 7.47.